The van der Waals surface area contributed by atoms with E-state index < -0.39 is 0 Å². The van der Waals surface area contributed by atoms with Crippen molar-refractivity contribution < 1.29 is 9.53 Å². The number of amides is 1. The number of hydrogen-bond donors (Lipinski definition) is 2. The zero-order chi connectivity index (χ0) is 14.0. The Kier molecular flexibility index (Phi) is 3.41. The third-order valence-electron chi connectivity index (χ3n) is 2.74. The van der Waals surface area contributed by atoms with Gasteiger partial charge in [-0.2, -0.15) is 5.10 Å². The molecule has 0 unspecified atom stereocenters. The second-order valence-corrected chi connectivity index (χ2v) is 4.21. The topological polar surface area (TPSA) is 82.2 Å². The number of carbonyl (C=O) groups is 1. The largest absolute Gasteiger partial charge is 0.495 e. The number of benzene rings is 1. The van der Waals surface area contributed by atoms with Crippen LogP contribution in [0.2, 0.25) is 0 Å². The third kappa shape index (κ3) is 2.67. The van der Waals surface area contributed by atoms with Crippen molar-refractivity contribution in [2.45, 2.75) is 6.92 Å². The second kappa shape index (κ2) is 5.01. The van der Waals surface area contributed by atoms with Gasteiger partial charge in [0.1, 0.15) is 11.6 Å². The second-order valence-electron chi connectivity index (χ2n) is 4.21. The Balaban J connectivity index is 2.20. The summed E-state index contributed by atoms with van der Waals surface area (Å²) in [6, 6.07) is 6.70. The van der Waals surface area contributed by atoms with E-state index in [0.29, 0.717) is 22.8 Å². The summed E-state index contributed by atoms with van der Waals surface area (Å²) in [7, 11) is 3.30. The molecule has 0 saturated heterocycles. The minimum Gasteiger partial charge on any atom is -0.495 e. The van der Waals surface area contributed by atoms with Gasteiger partial charge in [0.25, 0.3) is 5.91 Å². The molecule has 0 atom stereocenters. The first-order valence-electron chi connectivity index (χ1n) is 5.76. The van der Waals surface area contributed by atoms with E-state index in [-0.39, 0.29) is 5.91 Å². The predicted molar refractivity (Wildman–Crippen MR) is 73.3 cm³/mol. The lowest BCUT2D eigenvalue weighted by molar-refractivity contribution is 0.102. The molecule has 1 heterocycles. The lowest BCUT2D eigenvalue weighted by atomic mass is 10.2. The molecule has 1 aromatic heterocycles. The number of hydrogen-bond acceptors (Lipinski definition) is 4. The number of aryl methyl sites for hydroxylation is 2. The zero-order valence-corrected chi connectivity index (χ0v) is 11.1. The summed E-state index contributed by atoms with van der Waals surface area (Å²) in [4.78, 5) is 12.1. The van der Waals surface area contributed by atoms with Crippen LogP contribution in [0.25, 0.3) is 0 Å². The molecule has 1 amide bonds. The first-order chi connectivity index (χ1) is 9.01. The van der Waals surface area contributed by atoms with E-state index in [1.165, 1.54) is 7.11 Å². The smallest absolute Gasteiger partial charge is 0.256 e. The Morgan fingerprint density at radius 2 is 2.16 bits per heavy atom. The van der Waals surface area contributed by atoms with Gasteiger partial charge in [-0.05, 0) is 25.1 Å². The molecule has 0 bridgehead atoms. The van der Waals surface area contributed by atoms with Gasteiger partial charge >= 0.3 is 0 Å². The fraction of sp³-hybridized carbons (Fsp3) is 0.231. The minimum atomic E-state index is -0.239. The molecule has 100 valence electrons. The Morgan fingerprint density at radius 1 is 1.42 bits per heavy atom. The quantitative estimate of drug-likeness (QED) is 0.821. The average Bonchev–Trinajstić information content (AvgIpc) is 2.67. The molecule has 6 heteroatoms. The number of carbonyl (C=O) groups excluding carboxylic acids is 1. The highest BCUT2D eigenvalue weighted by molar-refractivity contribution is 6.04. The summed E-state index contributed by atoms with van der Waals surface area (Å²) in [5.74, 6) is 0.946. The summed E-state index contributed by atoms with van der Waals surface area (Å²) in [5, 5.41) is 6.94. The van der Waals surface area contributed by atoms with Crippen LogP contribution in [0.4, 0.5) is 11.5 Å². The molecule has 2 rings (SSSR count). The molecule has 0 aliphatic rings. The molecule has 0 radical (unpaired) electrons. The molecule has 0 saturated carbocycles. The Morgan fingerprint density at radius 3 is 2.68 bits per heavy atom. The highest BCUT2D eigenvalue weighted by Crippen LogP contribution is 2.22. The van der Waals surface area contributed by atoms with Gasteiger partial charge in [0.2, 0.25) is 0 Å². The molecule has 2 aromatic rings. The summed E-state index contributed by atoms with van der Waals surface area (Å²) >= 11 is 0. The Labute approximate surface area is 111 Å². The van der Waals surface area contributed by atoms with E-state index >= 15 is 0 Å². The molecule has 1 aromatic carbocycles. The lowest BCUT2D eigenvalue weighted by Gasteiger charge is -2.08. The number of aromatic nitrogens is 2. The van der Waals surface area contributed by atoms with Gasteiger partial charge in [-0.15, -0.1) is 0 Å². The normalized spacial score (nSPS) is 10.3. The molecule has 6 nitrogen and oxygen atoms in total. The lowest BCUT2D eigenvalue weighted by Crippen LogP contribution is -2.14. The number of rotatable bonds is 3. The Hall–Kier alpha value is -2.50. The van der Waals surface area contributed by atoms with E-state index in [2.05, 4.69) is 10.4 Å². The van der Waals surface area contributed by atoms with Crippen LogP contribution in [-0.4, -0.2) is 22.8 Å². The van der Waals surface area contributed by atoms with Gasteiger partial charge in [0, 0.05) is 18.7 Å². The number of nitrogens with two attached hydrogens (primary N) is 1. The predicted octanol–water partition coefficient (Wildman–Crippen LogP) is 1.57. The van der Waals surface area contributed by atoms with Crippen LogP contribution in [-0.2, 0) is 7.05 Å². The minimum absolute atomic E-state index is 0.239. The molecule has 0 spiro atoms. The van der Waals surface area contributed by atoms with Crippen LogP contribution >= 0.6 is 0 Å². The molecule has 0 aliphatic carbocycles. The van der Waals surface area contributed by atoms with E-state index in [0.717, 1.165) is 5.69 Å². The van der Waals surface area contributed by atoms with Crippen LogP contribution in [0.5, 0.6) is 5.75 Å². The van der Waals surface area contributed by atoms with Crippen molar-refractivity contribution in [3.05, 3.63) is 35.5 Å². The van der Waals surface area contributed by atoms with Crippen molar-refractivity contribution >= 4 is 17.4 Å². The van der Waals surface area contributed by atoms with Crippen molar-refractivity contribution in [2.75, 3.05) is 18.2 Å². The van der Waals surface area contributed by atoms with Crippen molar-refractivity contribution in [1.82, 2.24) is 9.78 Å². The van der Waals surface area contributed by atoms with Crippen LogP contribution in [0, 0.1) is 6.92 Å². The fourth-order valence-corrected chi connectivity index (χ4v) is 1.79. The standard InChI is InChI=1S/C13H16N4O2/c1-8-6-12(17(2)16-8)15-13(18)9-4-5-11(19-3)10(14)7-9/h4-7H,14H2,1-3H3,(H,15,18). The summed E-state index contributed by atoms with van der Waals surface area (Å²) in [5.41, 5.74) is 7.51. The zero-order valence-electron chi connectivity index (χ0n) is 11.1. The SMILES string of the molecule is COc1ccc(C(=O)Nc2cc(C)nn2C)cc1N. The highest BCUT2D eigenvalue weighted by atomic mass is 16.5. The fourth-order valence-electron chi connectivity index (χ4n) is 1.79. The number of anilines is 2. The maximum atomic E-state index is 12.1. The molecular formula is C13H16N4O2. The van der Waals surface area contributed by atoms with Crippen molar-refractivity contribution in [2.24, 2.45) is 7.05 Å². The molecule has 19 heavy (non-hydrogen) atoms. The number of nitrogens with one attached hydrogen (secondary N) is 1. The van der Waals surface area contributed by atoms with E-state index in [1.807, 2.05) is 6.92 Å². The van der Waals surface area contributed by atoms with Crippen LogP contribution < -0.4 is 15.8 Å². The molecule has 0 fully saturated rings. The number of nitrogens with zero attached hydrogens (tertiary/aromatic N) is 2. The number of ether oxygens (including phenoxy) is 1. The summed E-state index contributed by atoms with van der Waals surface area (Å²) in [6.45, 7) is 1.86. The van der Waals surface area contributed by atoms with Crippen molar-refractivity contribution in [3.8, 4) is 5.75 Å². The average molecular weight is 260 g/mol. The molecular weight excluding hydrogens is 244 g/mol. The van der Waals surface area contributed by atoms with Crippen molar-refractivity contribution in [3.63, 3.8) is 0 Å². The van der Waals surface area contributed by atoms with Crippen LogP contribution in [0.3, 0.4) is 0 Å². The monoisotopic (exact) mass is 260 g/mol. The highest BCUT2D eigenvalue weighted by Gasteiger charge is 2.11. The Bertz CT molecular complexity index is 619. The van der Waals surface area contributed by atoms with Crippen LogP contribution in [0.15, 0.2) is 24.3 Å². The van der Waals surface area contributed by atoms with E-state index in [1.54, 1.807) is 36.0 Å². The van der Waals surface area contributed by atoms with Gasteiger partial charge in [0.15, 0.2) is 0 Å². The maximum Gasteiger partial charge on any atom is 0.256 e. The first kappa shape index (κ1) is 12.9. The van der Waals surface area contributed by atoms with Gasteiger partial charge in [-0.1, -0.05) is 0 Å². The number of nitrogen functional groups attached to an aromatic ring is 1. The molecule has 3 N–H and O–H groups in total. The van der Waals surface area contributed by atoms with Crippen LogP contribution in [0.1, 0.15) is 16.1 Å². The maximum absolute atomic E-state index is 12.1. The third-order valence-corrected chi connectivity index (χ3v) is 2.74. The van der Waals surface area contributed by atoms with Gasteiger partial charge in [-0.25, -0.2) is 0 Å². The summed E-state index contributed by atoms with van der Waals surface area (Å²) in [6.07, 6.45) is 0. The van der Waals surface area contributed by atoms with E-state index in [9.17, 15) is 4.79 Å². The number of methoxy groups -OCH3 is 1. The van der Waals surface area contributed by atoms with Gasteiger partial charge in [0.05, 0.1) is 18.5 Å². The van der Waals surface area contributed by atoms with Crippen molar-refractivity contribution in [1.29, 1.82) is 0 Å². The van der Waals surface area contributed by atoms with Gasteiger partial charge < -0.3 is 15.8 Å². The van der Waals surface area contributed by atoms with E-state index in [4.69, 9.17) is 10.5 Å². The summed E-state index contributed by atoms with van der Waals surface area (Å²) < 4.78 is 6.66. The molecule has 0 aliphatic heterocycles. The first-order valence-corrected chi connectivity index (χ1v) is 5.76. The van der Waals surface area contributed by atoms with Gasteiger partial charge in [-0.3, -0.25) is 9.48 Å².